The number of nitrogens with zero attached hydrogens (tertiary/aromatic N) is 1. The molecule has 1 aliphatic heterocycles. The van der Waals surface area contributed by atoms with Gasteiger partial charge in [0.15, 0.2) is 0 Å². The molecule has 0 spiro atoms. The lowest BCUT2D eigenvalue weighted by molar-refractivity contribution is -0.134. The van der Waals surface area contributed by atoms with Crippen molar-refractivity contribution in [3.63, 3.8) is 0 Å². The summed E-state index contributed by atoms with van der Waals surface area (Å²) in [6.07, 6.45) is -2.56. The van der Waals surface area contributed by atoms with Crippen LogP contribution in [-0.2, 0) is 10.0 Å². The number of halogens is 2. The summed E-state index contributed by atoms with van der Waals surface area (Å²) in [5, 5.41) is 9.92. The van der Waals surface area contributed by atoms with Crippen LogP contribution in [0.3, 0.4) is 0 Å². The average Bonchev–Trinajstić information content (AvgIpc) is 2.52. The van der Waals surface area contributed by atoms with E-state index in [9.17, 15) is 22.3 Å². The van der Waals surface area contributed by atoms with Gasteiger partial charge in [-0.1, -0.05) is 0 Å². The Bertz CT molecular complexity index is 696. The van der Waals surface area contributed by atoms with E-state index in [0.29, 0.717) is 5.56 Å². The number of benzene rings is 1. The van der Waals surface area contributed by atoms with Crippen LogP contribution in [0.2, 0.25) is 0 Å². The summed E-state index contributed by atoms with van der Waals surface area (Å²) in [7, 11) is -2.49. The van der Waals surface area contributed by atoms with Crippen LogP contribution >= 0.6 is 0 Å². The molecule has 1 fully saturated rings. The van der Waals surface area contributed by atoms with Gasteiger partial charge in [0.2, 0.25) is 10.0 Å². The molecule has 3 rings (SSSR count). The molecule has 2 aliphatic rings. The molecule has 1 aromatic carbocycles. The molecule has 0 amide bonds. The number of ether oxygens (including phenoxy) is 1. The van der Waals surface area contributed by atoms with Crippen LogP contribution in [0.1, 0.15) is 30.2 Å². The number of sulfonamides is 1. The van der Waals surface area contributed by atoms with Crippen LogP contribution in [0.15, 0.2) is 17.0 Å². The number of hydrogen-bond donors (Lipinski definition) is 1. The second-order valence-electron chi connectivity index (χ2n) is 5.51. The first-order valence-electron chi connectivity index (χ1n) is 6.47. The third-order valence-electron chi connectivity index (χ3n) is 3.99. The highest BCUT2D eigenvalue weighted by Gasteiger charge is 2.47. The van der Waals surface area contributed by atoms with Gasteiger partial charge in [0.1, 0.15) is 18.1 Å². The zero-order chi connectivity index (χ0) is 15.6. The van der Waals surface area contributed by atoms with E-state index in [1.807, 2.05) is 0 Å². The number of aliphatic hydroxyl groups excluding tert-OH is 1. The topological polar surface area (TPSA) is 66.8 Å². The predicted molar refractivity (Wildman–Crippen MR) is 69.7 cm³/mol. The van der Waals surface area contributed by atoms with E-state index in [0.717, 1.165) is 4.31 Å². The van der Waals surface area contributed by atoms with E-state index < -0.39 is 28.3 Å². The van der Waals surface area contributed by atoms with Crippen molar-refractivity contribution in [3.8, 4) is 5.75 Å². The van der Waals surface area contributed by atoms with Crippen molar-refractivity contribution in [1.29, 1.82) is 0 Å². The van der Waals surface area contributed by atoms with E-state index in [1.54, 1.807) is 6.92 Å². The molecule has 5 nitrogen and oxygen atoms in total. The van der Waals surface area contributed by atoms with Crippen LogP contribution in [-0.4, -0.2) is 36.9 Å². The molecule has 1 heterocycles. The Morgan fingerprint density at radius 3 is 2.57 bits per heavy atom. The molecule has 1 aliphatic carbocycles. The molecule has 8 heteroatoms. The van der Waals surface area contributed by atoms with Gasteiger partial charge < -0.3 is 9.84 Å². The van der Waals surface area contributed by atoms with Gasteiger partial charge in [-0.15, -0.1) is 0 Å². The number of hydrogen-bond acceptors (Lipinski definition) is 4. The Morgan fingerprint density at radius 1 is 1.38 bits per heavy atom. The minimum atomic E-state index is -3.78. The Kier molecular flexibility index (Phi) is 3.06. The molecule has 1 unspecified atom stereocenters. The van der Waals surface area contributed by atoms with E-state index in [4.69, 9.17) is 4.74 Å². The normalized spacial score (nSPS) is 27.2. The molecular formula is C13H15F2NO4S. The van der Waals surface area contributed by atoms with Crippen molar-refractivity contribution >= 4 is 10.0 Å². The van der Waals surface area contributed by atoms with Gasteiger partial charge in [-0.25, -0.2) is 17.2 Å². The highest BCUT2D eigenvalue weighted by molar-refractivity contribution is 7.89. The van der Waals surface area contributed by atoms with Gasteiger partial charge in [-0.3, -0.25) is 0 Å². The lowest BCUT2D eigenvalue weighted by atomic mass is 9.91. The van der Waals surface area contributed by atoms with Gasteiger partial charge in [0, 0.05) is 31.0 Å². The van der Waals surface area contributed by atoms with Crippen molar-refractivity contribution in [1.82, 2.24) is 4.31 Å². The summed E-state index contributed by atoms with van der Waals surface area (Å²) in [6, 6.07) is 2.97. The van der Waals surface area contributed by atoms with E-state index in [1.165, 1.54) is 19.2 Å². The van der Waals surface area contributed by atoms with Crippen molar-refractivity contribution < 1.29 is 27.0 Å². The third kappa shape index (κ3) is 2.13. The largest absolute Gasteiger partial charge is 0.490 e. The quantitative estimate of drug-likeness (QED) is 0.902. The van der Waals surface area contributed by atoms with E-state index in [2.05, 4.69) is 0 Å². The Hall–Kier alpha value is -1.25. The zero-order valence-electron chi connectivity index (χ0n) is 11.5. The van der Waals surface area contributed by atoms with Gasteiger partial charge in [0.25, 0.3) is 5.92 Å². The highest BCUT2D eigenvalue weighted by atomic mass is 32.2. The molecule has 21 heavy (non-hydrogen) atoms. The first kappa shape index (κ1) is 14.7. The SMILES string of the molecule is Cc1c(OC2CC(F)(F)C2)ccc2c1S(=O)(=O)N(C)C2O. The van der Waals surface area contributed by atoms with Gasteiger partial charge >= 0.3 is 0 Å². The van der Waals surface area contributed by atoms with Crippen LogP contribution in [0.25, 0.3) is 0 Å². The van der Waals surface area contributed by atoms with Crippen molar-refractivity contribution in [3.05, 3.63) is 23.3 Å². The van der Waals surface area contributed by atoms with Gasteiger partial charge in [-0.2, -0.15) is 4.31 Å². The van der Waals surface area contributed by atoms with Gasteiger partial charge in [0.05, 0.1) is 4.90 Å². The summed E-state index contributed by atoms with van der Waals surface area (Å²) in [4.78, 5) is 0.00100. The second kappa shape index (κ2) is 4.37. The van der Waals surface area contributed by atoms with Crippen molar-refractivity contribution in [2.75, 3.05) is 7.05 Å². The highest BCUT2D eigenvalue weighted by Crippen LogP contribution is 2.44. The van der Waals surface area contributed by atoms with Crippen LogP contribution in [0.5, 0.6) is 5.75 Å². The summed E-state index contributed by atoms with van der Waals surface area (Å²) in [5.41, 5.74) is 0.618. The van der Waals surface area contributed by atoms with Crippen LogP contribution in [0.4, 0.5) is 8.78 Å². The third-order valence-corrected chi connectivity index (χ3v) is 6.01. The fourth-order valence-corrected chi connectivity index (χ4v) is 4.33. The molecule has 0 radical (unpaired) electrons. The summed E-state index contributed by atoms with van der Waals surface area (Å²) < 4.78 is 56.4. The van der Waals surface area contributed by atoms with Gasteiger partial charge in [-0.05, 0) is 19.1 Å². The lowest BCUT2D eigenvalue weighted by Crippen LogP contribution is -2.43. The number of rotatable bonds is 2. The molecule has 0 saturated heterocycles. The van der Waals surface area contributed by atoms with E-state index in [-0.39, 0.29) is 29.1 Å². The first-order valence-corrected chi connectivity index (χ1v) is 7.91. The summed E-state index contributed by atoms with van der Waals surface area (Å²) in [6.45, 7) is 1.55. The molecule has 1 saturated carbocycles. The summed E-state index contributed by atoms with van der Waals surface area (Å²) in [5.74, 6) is -2.43. The molecule has 1 aromatic rings. The molecule has 1 N–H and O–H groups in total. The smallest absolute Gasteiger partial charge is 0.255 e. The minimum Gasteiger partial charge on any atom is -0.490 e. The molecule has 0 bridgehead atoms. The standard InChI is InChI=1S/C13H15F2NO4S/c1-7-10(20-8-5-13(14,15)6-8)4-3-9-11(7)21(18,19)16(2)12(9)17/h3-4,8,12,17H,5-6H2,1-2H3. The van der Waals surface area contributed by atoms with Crippen LogP contribution in [0, 0.1) is 6.92 Å². The molecule has 1 atom stereocenters. The monoisotopic (exact) mass is 319 g/mol. The summed E-state index contributed by atoms with van der Waals surface area (Å²) >= 11 is 0. The second-order valence-corrected chi connectivity index (χ2v) is 7.44. The minimum absolute atomic E-state index is 0.00100. The fraction of sp³-hybridized carbons (Fsp3) is 0.538. The predicted octanol–water partition coefficient (Wildman–Crippen LogP) is 1.80. The lowest BCUT2D eigenvalue weighted by Gasteiger charge is -2.35. The number of aliphatic hydroxyl groups is 1. The average molecular weight is 319 g/mol. The Morgan fingerprint density at radius 2 is 2.00 bits per heavy atom. The van der Waals surface area contributed by atoms with E-state index >= 15 is 0 Å². The van der Waals surface area contributed by atoms with Crippen LogP contribution < -0.4 is 4.74 Å². The maximum Gasteiger partial charge on any atom is 0.255 e. The van der Waals surface area contributed by atoms with Crippen molar-refractivity contribution in [2.45, 2.75) is 42.9 Å². The maximum absolute atomic E-state index is 12.8. The fourth-order valence-electron chi connectivity index (χ4n) is 2.71. The Balaban J connectivity index is 1.95. The maximum atomic E-state index is 12.8. The number of alkyl halides is 2. The first-order chi connectivity index (χ1) is 9.63. The Labute approximate surface area is 121 Å². The van der Waals surface area contributed by atoms with Crippen molar-refractivity contribution in [2.24, 2.45) is 0 Å². The zero-order valence-corrected chi connectivity index (χ0v) is 12.3. The molecule has 116 valence electrons. The molecule has 0 aromatic heterocycles. The molecular weight excluding hydrogens is 304 g/mol. The number of fused-ring (bicyclic) bond motifs is 1.